The number of carbonyl (C=O) groups is 1. The lowest BCUT2D eigenvalue weighted by molar-refractivity contribution is 0.0693. The molecule has 1 aromatic heterocycles. The largest absolute Gasteiger partial charge is 0.483 e. The van der Waals surface area contributed by atoms with Crippen molar-refractivity contribution in [3.8, 4) is 5.06 Å². The van der Waals surface area contributed by atoms with Gasteiger partial charge in [0.25, 0.3) is 0 Å². The molecule has 0 radical (unpaired) electrons. The second-order valence-electron chi connectivity index (χ2n) is 7.23. The molecule has 1 N–H and O–H groups in total. The van der Waals surface area contributed by atoms with Crippen molar-refractivity contribution in [1.82, 2.24) is 0 Å². The number of hydrogen-bond acceptors (Lipinski definition) is 3. The monoisotopic (exact) mass is 382 g/mol. The first-order valence-electron chi connectivity index (χ1n) is 10.7. The van der Waals surface area contributed by atoms with Crippen LogP contribution in [0.5, 0.6) is 5.06 Å². The zero-order valence-corrected chi connectivity index (χ0v) is 17.5. The van der Waals surface area contributed by atoms with Crippen LogP contribution in [-0.4, -0.2) is 17.7 Å². The van der Waals surface area contributed by atoms with Crippen molar-refractivity contribution in [3.63, 3.8) is 0 Å². The van der Waals surface area contributed by atoms with Crippen molar-refractivity contribution in [3.05, 3.63) is 17.0 Å². The molecule has 1 aromatic rings. The molecular weight excluding hydrogens is 344 g/mol. The molecule has 0 spiro atoms. The van der Waals surface area contributed by atoms with Gasteiger partial charge in [-0.05, 0) is 17.9 Å². The van der Waals surface area contributed by atoms with Gasteiger partial charge in [0.05, 0.1) is 6.61 Å². The van der Waals surface area contributed by atoms with E-state index < -0.39 is 5.97 Å². The van der Waals surface area contributed by atoms with Crippen LogP contribution in [0.15, 0.2) is 11.4 Å². The van der Waals surface area contributed by atoms with Crippen molar-refractivity contribution in [1.29, 1.82) is 0 Å². The minimum Gasteiger partial charge on any atom is -0.483 e. The maximum atomic E-state index is 11.0. The van der Waals surface area contributed by atoms with E-state index in [1.807, 2.05) is 0 Å². The summed E-state index contributed by atoms with van der Waals surface area (Å²) < 4.78 is 5.59. The first-order chi connectivity index (χ1) is 12.8. The highest BCUT2D eigenvalue weighted by Gasteiger charge is 2.12. The van der Waals surface area contributed by atoms with Gasteiger partial charge in [0.2, 0.25) is 0 Å². The molecule has 0 saturated carbocycles. The van der Waals surface area contributed by atoms with Crippen molar-refractivity contribution < 1.29 is 14.6 Å². The fraction of sp³-hybridized carbons (Fsp3) is 0.773. The lowest BCUT2D eigenvalue weighted by Crippen LogP contribution is -2.01. The van der Waals surface area contributed by atoms with Gasteiger partial charge in [0.1, 0.15) is 5.56 Å². The predicted octanol–water partition coefficient (Wildman–Crippen LogP) is 7.70. The van der Waals surface area contributed by atoms with Crippen molar-refractivity contribution in [2.24, 2.45) is 0 Å². The molecule has 1 heterocycles. The smallest absolute Gasteiger partial charge is 0.340 e. The van der Waals surface area contributed by atoms with E-state index >= 15 is 0 Å². The van der Waals surface area contributed by atoms with Gasteiger partial charge < -0.3 is 9.84 Å². The Bertz CT molecular complexity index is 456. The van der Waals surface area contributed by atoms with E-state index in [-0.39, 0.29) is 5.56 Å². The van der Waals surface area contributed by atoms with Crippen LogP contribution >= 0.6 is 11.3 Å². The third-order valence-corrected chi connectivity index (χ3v) is 5.67. The highest BCUT2D eigenvalue weighted by Crippen LogP contribution is 2.26. The molecule has 26 heavy (non-hydrogen) atoms. The molecule has 0 saturated heterocycles. The fourth-order valence-electron chi connectivity index (χ4n) is 3.20. The molecule has 3 nitrogen and oxygen atoms in total. The molecule has 0 aliphatic rings. The zero-order valence-electron chi connectivity index (χ0n) is 16.6. The molecule has 150 valence electrons. The normalized spacial score (nSPS) is 11.0. The molecule has 0 bridgehead atoms. The predicted molar refractivity (Wildman–Crippen MR) is 112 cm³/mol. The Kier molecular flexibility index (Phi) is 14.3. The van der Waals surface area contributed by atoms with E-state index in [0.717, 1.165) is 6.42 Å². The van der Waals surface area contributed by atoms with Crippen molar-refractivity contribution in [2.45, 2.75) is 103 Å². The van der Waals surface area contributed by atoms with E-state index in [2.05, 4.69) is 6.92 Å². The number of thiophene rings is 1. The zero-order chi connectivity index (χ0) is 18.9. The molecule has 0 aliphatic carbocycles. The number of carboxylic acids is 1. The van der Waals surface area contributed by atoms with Gasteiger partial charge in [0, 0.05) is 0 Å². The molecule has 4 heteroatoms. The molecular formula is C22H38O3S. The molecule has 0 aromatic carbocycles. The second-order valence-corrected chi connectivity index (χ2v) is 8.10. The third kappa shape index (κ3) is 11.6. The van der Waals surface area contributed by atoms with E-state index in [1.165, 1.54) is 101 Å². The molecule has 1 rings (SSSR count). The summed E-state index contributed by atoms with van der Waals surface area (Å²) in [6.45, 7) is 2.90. The SMILES string of the molecule is CCCCCCCCCCCCCCCCCOc1sccc1C(=O)O. The Balaban J connectivity index is 1.80. The fourth-order valence-corrected chi connectivity index (χ4v) is 3.97. The molecule has 0 fully saturated rings. The summed E-state index contributed by atoms with van der Waals surface area (Å²) in [5.41, 5.74) is 0.288. The van der Waals surface area contributed by atoms with E-state index in [0.29, 0.717) is 11.7 Å². The number of unbranched alkanes of at least 4 members (excludes halogenated alkanes) is 14. The average Bonchev–Trinajstić information content (AvgIpc) is 3.10. The quantitative estimate of drug-likeness (QED) is 0.265. The summed E-state index contributed by atoms with van der Waals surface area (Å²) in [6.07, 6.45) is 20.2. The Morgan fingerprint density at radius 3 is 1.77 bits per heavy atom. The Morgan fingerprint density at radius 1 is 0.846 bits per heavy atom. The minimum absolute atomic E-state index is 0.288. The standard InChI is InChI=1S/C22H38O3S/c1-2-3-4-5-6-7-8-9-10-11-12-13-14-15-16-18-25-22-20(21(23)24)17-19-26-22/h17,19H,2-16,18H2,1H3,(H,23,24). The van der Waals surface area contributed by atoms with Gasteiger partial charge in [-0.2, -0.15) is 0 Å². The van der Waals surface area contributed by atoms with Crippen molar-refractivity contribution >= 4 is 17.3 Å². The summed E-state index contributed by atoms with van der Waals surface area (Å²) in [4.78, 5) is 11.0. The number of aromatic carboxylic acids is 1. The molecule has 0 unspecified atom stereocenters. The minimum atomic E-state index is -0.905. The van der Waals surface area contributed by atoms with Gasteiger partial charge in [-0.25, -0.2) is 4.79 Å². The van der Waals surface area contributed by atoms with Crippen LogP contribution in [0.2, 0.25) is 0 Å². The topological polar surface area (TPSA) is 46.5 Å². The van der Waals surface area contributed by atoms with E-state index in [1.54, 1.807) is 11.4 Å². The van der Waals surface area contributed by atoms with E-state index in [4.69, 9.17) is 9.84 Å². The summed E-state index contributed by atoms with van der Waals surface area (Å²) in [5.74, 6) is -0.905. The van der Waals surface area contributed by atoms with Gasteiger partial charge >= 0.3 is 5.97 Å². The van der Waals surface area contributed by atoms with Crippen LogP contribution in [0.25, 0.3) is 0 Å². The van der Waals surface area contributed by atoms with Gasteiger partial charge in [0.15, 0.2) is 5.06 Å². The van der Waals surface area contributed by atoms with Crippen LogP contribution in [0.4, 0.5) is 0 Å². The molecule has 0 amide bonds. The maximum absolute atomic E-state index is 11.0. The van der Waals surface area contributed by atoms with Crippen LogP contribution in [0.3, 0.4) is 0 Å². The summed E-state index contributed by atoms with van der Waals surface area (Å²) in [6, 6.07) is 1.61. The van der Waals surface area contributed by atoms with Gasteiger partial charge in [-0.15, -0.1) is 11.3 Å². The second kappa shape index (κ2) is 16.2. The number of hydrogen-bond donors (Lipinski definition) is 1. The highest BCUT2D eigenvalue weighted by molar-refractivity contribution is 7.12. The Labute approximate surface area is 164 Å². The number of rotatable bonds is 18. The first kappa shape index (κ1) is 23.0. The van der Waals surface area contributed by atoms with E-state index in [9.17, 15) is 4.79 Å². The summed E-state index contributed by atoms with van der Waals surface area (Å²) in [5, 5.41) is 11.3. The van der Waals surface area contributed by atoms with Crippen LogP contribution in [0, 0.1) is 0 Å². The highest BCUT2D eigenvalue weighted by atomic mass is 32.1. The number of ether oxygens (including phenoxy) is 1. The van der Waals surface area contributed by atoms with Gasteiger partial charge in [-0.3, -0.25) is 0 Å². The van der Waals surface area contributed by atoms with Crippen LogP contribution in [-0.2, 0) is 0 Å². The Hall–Kier alpha value is -1.03. The lowest BCUT2D eigenvalue weighted by atomic mass is 10.0. The molecule has 0 atom stereocenters. The van der Waals surface area contributed by atoms with Crippen LogP contribution in [0.1, 0.15) is 114 Å². The van der Waals surface area contributed by atoms with Crippen LogP contribution < -0.4 is 4.74 Å². The maximum Gasteiger partial charge on any atom is 0.340 e. The Morgan fingerprint density at radius 2 is 1.31 bits per heavy atom. The average molecular weight is 383 g/mol. The first-order valence-corrected chi connectivity index (χ1v) is 11.6. The summed E-state index contributed by atoms with van der Waals surface area (Å²) in [7, 11) is 0. The summed E-state index contributed by atoms with van der Waals surface area (Å²) >= 11 is 1.36. The van der Waals surface area contributed by atoms with Gasteiger partial charge in [-0.1, -0.05) is 96.8 Å². The lowest BCUT2D eigenvalue weighted by Gasteiger charge is -2.05. The number of carboxylic acid groups (broad SMARTS) is 1. The third-order valence-electron chi connectivity index (χ3n) is 4.84. The van der Waals surface area contributed by atoms with Crippen molar-refractivity contribution in [2.75, 3.05) is 6.61 Å². The molecule has 0 aliphatic heterocycles.